The molecule has 0 aromatic carbocycles. The lowest BCUT2D eigenvalue weighted by atomic mass is 9.42. The normalized spacial score (nSPS) is 44.2. The average molecular weight is 449 g/mol. The minimum atomic E-state index is -1.70. The third kappa shape index (κ3) is 3.06. The standard InChI is InChI=1S/C24H32O8/c1-11-18-14(32-21(11)28)9-16-23(6)17(31-13(3)26)7-8-22(4,5)19(23)15(30-12(2)25)10-24(16,29)20(18)27/h7-8,14-17,19-20,27,29H,9-10H2,1-6H3. The van der Waals surface area contributed by atoms with Crippen molar-refractivity contribution < 1.29 is 38.8 Å². The molecule has 0 saturated heterocycles. The molecule has 0 bridgehead atoms. The number of esters is 3. The van der Waals surface area contributed by atoms with Crippen molar-refractivity contribution in [1.82, 2.24) is 0 Å². The van der Waals surface area contributed by atoms with Crippen LogP contribution in [0.5, 0.6) is 0 Å². The zero-order valence-electron chi connectivity index (χ0n) is 19.4. The van der Waals surface area contributed by atoms with Gasteiger partial charge in [0, 0.05) is 48.7 Å². The number of carbonyl (C=O) groups excluding carboxylic acids is 3. The molecule has 1 heterocycles. The number of hydrogen-bond donors (Lipinski definition) is 2. The molecule has 8 atom stereocenters. The van der Waals surface area contributed by atoms with E-state index in [1.165, 1.54) is 13.8 Å². The maximum atomic E-state index is 12.3. The molecule has 8 nitrogen and oxygen atoms in total. The summed E-state index contributed by atoms with van der Waals surface area (Å²) in [6.45, 7) is 10.2. The molecule has 0 aromatic rings. The van der Waals surface area contributed by atoms with E-state index in [1.807, 2.05) is 32.9 Å². The molecule has 2 fully saturated rings. The molecule has 3 aliphatic carbocycles. The first-order valence-electron chi connectivity index (χ1n) is 11.1. The first-order valence-corrected chi connectivity index (χ1v) is 11.1. The predicted octanol–water partition coefficient (Wildman–Crippen LogP) is 1.83. The first-order chi connectivity index (χ1) is 14.7. The van der Waals surface area contributed by atoms with E-state index in [9.17, 15) is 24.6 Å². The van der Waals surface area contributed by atoms with Gasteiger partial charge < -0.3 is 24.4 Å². The van der Waals surface area contributed by atoms with Gasteiger partial charge in [0.15, 0.2) is 0 Å². The Kier molecular flexibility index (Phi) is 5.14. The largest absolute Gasteiger partial charge is 0.462 e. The summed E-state index contributed by atoms with van der Waals surface area (Å²) in [6.07, 6.45) is 0.563. The fraction of sp³-hybridized carbons (Fsp3) is 0.708. The van der Waals surface area contributed by atoms with Crippen LogP contribution in [0, 0.1) is 22.7 Å². The van der Waals surface area contributed by atoms with Gasteiger partial charge >= 0.3 is 17.9 Å². The highest BCUT2D eigenvalue weighted by Gasteiger charge is 2.71. The molecule has 176 valence electrons. The van der Waals surface area contributed by atoms with Crippen LogP contribution in [0.4, 0.5) is 0 Å². The van der Waals surface area contributed by atoms with E-state index in [-0.39, 0.29) is 18.8 Å². The molecule has 0 radical (unpaired) electrons. The van der Waals surface area contributed by atoms with Crippen molar-refractivity contribution in [2.24, 2.45) is 22.7 Å². The lowest BCUT2D eigenvalue weighted by Gasteiger charge is -2.65. The van der Waals surface area contributed by atoms with Gasteiger partial charge in [-0.2, -0.15) is 0 Å². The van der Waals surface area contributed by atoms with Gasteiger partial charge in [-0.3, -0.25) is 9.59 Å². The van der Waals surface area contributed by atoms with Crippen LogP contribution in [-0.2, 0) is 28.6 Å². The van der Waals surface area contributed by atoms with Gasteiger partial charge in [0.2, 0.25) is 0 Å². The Bertz CT molecular complexity index is 932. The highest BCUT2D eigenvalue weighted by atomic mass is 16.6. The van der Waals surface area contributed by atoms with Crippen molar-refractivity contribution in [2.75, 3.05) is 0 Å². The molecule has 0 spiro atoms. The number of rotatable bonds is 2. The predicted molar refractivity (Wildman–Crippen MR) is 112 cm³/mol. The third-order valence-corrected chi connectivity index (χ3v) is 8.20. The Hall–Kier alpha value is -2.19. The average Bonchev–Trinajstić information content (AvgIpc) is 2.93. The Morgan fingerprint density at radius 1 is 1.16 bits per heavy atom. The van der Waals surface area contributed by atoms with Crippen molar-refractivity contribution in [3.63, 3.8) is 0 Å². The number of fused-ring (bicyclic) bond motifs is 4. The minimum Gasteiger partial charge on any atom is -0.462 e. The van der Waals surface area contributed by atoms with E-state index in [0.29, 0.717) is 11.1 Å². The fourth-order valence-electron chi connectivity index (χ4n) is 7.15. The van der Waals surface area contributed by atoms with Crippen LogP contribution < -0.4 is 0 Å². The number of allylic oxidation sites excluding steroid dienone is 1. The Morgan fingerprint density at radius 2 is 1.78 bits per heavy atom. The van der Waals surface area contributed by atoms with Crippen molar-refractivity contribution in [3.8, 4) is 0 Å². The van der Waals surface area contributed by atoms with E-state index >= 15 is 0 Å². The number of ether oxygens (including phenoxy) is 3. The molecule has 4 aliphatic rings. The Morgan fingerprint density at radius 3 is 2.38 bits per heavy atom. The molecular formula is C24H32O8. The van der Waals surface area contributed by atoms with E-state index in [4.69, 9.17) is 14.2 Å². The second-order valence-electron chi connectivity index (χ2n) is 10.6. The minimum absolute atomic E-state index is 0.000419. The molecule has 4 rings (SSSR count). The van der Waals surface area contributed by atoms with Crippen molar-refractivity contribution in [3.05, 3.63) is 23.3 Å². The summed E-state index contributed by atoms with van der Waals surface area (Å²) in [4.78, 5) is 36.3. The summed E-state index contributed by atoms with van der Waals surface area (Å²) in [7, 11) is 0. The molecule has 2 N–H and O–H groups in total. The molecule has 32 heavy (non-hydrogen) atoms. The van der Waals surface area contributed by atoms with Crippen molar-refractivity contribution in [1.29, 1.82) is 0 Å². The Labute approximate surface area is 187 Å². The fourth-order valence-corrected chi connectivity index (χ4v) is 7.15. The molecule has 0 amide bonds. The molecular weight excluding hydrogens is 416 g/mol. The molecule has 0 aromatic heterocycles. The van der Waals surface area contributed by atoms with Crippen LogP contribution in [0.25, 0.3) is 0 Å². The summed E-state index contributed by atoms with van der Waals surface area (Å²) in [5, 5.41) is 23.4. The van der Waals surface area contributed by atoms with E-state index in [1.54, 1.807) is 6.92 Å². The summed E-state index contributed by atoms with van der Waals surface area (Å²) < 4.78 is 17.0. The molecule has 8 unspecified atom stereocenters. The second kappa shape index (κ2) is 7.15. The van der Waals surface area contributed by atoms with Gasteiger partial charge in [-0.15, -0.1) is 0 Å². The number of aliphatic hydroxyl groups excluding tert-OH is 1. The molecule has 8 heteroatoms. The second-order valence-corrected chi connectivity index (χ2v) is 10.6. The van der Waals surface area contributed by atoms with E-state index in [0.717, 1.165) is 0 Å². The van der Waals surface area contributed by atoms with Crippen molar-refractivity contribution >= 4 is 17.9 Å². The van der Waals surface area contributed by atoms with Crippen LogP contribution in [0.2, 0.25) is 0 Å². The summed E-state index contributed by atoms with van der Waals surface area (Å²) in [5.74, 6) is -2.40. The number of aliphatic hydroxyl groups is 2. The summed E-state index contributed by atoms with van der Waals surface area (Å²) in [6, 6.07) is 0. The van der Waals surface area contributed by atoms with E-state index in [2.05, 4.69) is 0 Å². The topological polar surface area (TPSA) is 119 Å². The van der Waals surface area contributed by atoms with Crippen LogP contribution in [0.3, 0.4) is 0 Å². The SMILES string of the molecule is CC(=O)OC1CC2(O)C(O)C3=C(C)C(=O)OC3CC2C2(C)C(OC(C)=O)C=CC(C)(C)C12. The van der Waals surface area contributed by atoms with Gasteiger partial charge in [0.25, 0.3) is 0 Å². The number of carbonyl (C=O) groups is 3. The Balaban J connectivity index is 1.91. The first kappa shape index (κ1) is 23.0. The zero-order chi connectivity index (χ0) is 23.8. The van der Waals surface area contributed by atoms with Gasteiger partial charge in [-0.1, -0.05) is 26.8 Å². The van der Waals surface area contributed by atoms with Crippen molar-refractivity contribution in [2.45, 2.75) is 84.4 Å². The van der Waals surface area contributed by atoms with Gasteiger partial charge in [-0.25, -0.2) is 4.79 Å². The molecule has 1 aliphatic heterocycles. The maximum Gasteiger partial charge on any atom is 0.334 e. The highest BCUT2D eigenvalue weighted by Crippen LogP contribution is 2.65. The van der Waals surface area contributed by atoms with Gasteiger partial charge in [0.05, 0.1) is 0 Å². The smallest absolute Gasteiger partial charge is 0.334 e. The monoisotopic (exact) mass is 448 g/mol. The van der Waals surface area contributed by atoms with Gasteiger partial charge in [-0.05, 0) is 24.8 Å². The number of hydrogen-bond acceptors (Lipinski definition) is 8. The van der Waals surface area contributed by atoms with E-state index < -0.39 is 64.7 Å². The zero-order valence-corrected chi connectivity index (χ0v) is 19.4. The summed E-state index contributed by atoms with van der Waals surface area (Å²) >= 11 is 0. The molecule has 2 saturated carbocycles. The van der Waals surface area contributed by atoms with Crippen LogP contribution >= 0.6 is 0 Å². The van der Waals surface area contributed by atoms with Crippen LogP contribution in [0.15, 0.2) is 23.3 Å². The van der Waals surface area contributed by atoms with Gasteiger partial charge in [0.1, 0.15) is 30.0 Å². The third-order valence-electron chi connectivity index (χ3n) is 8.20. The lowest BCUT2D eigenvalue weighted by Crippen LogP contribution is -2.72. The quantitative estimate of drug-likeness (QED) is 0.373. The maximum absolute atomic E-state index is 12.3. The summed E-state index contributed by atoms with van der Waals surface area (Å²) in [5.41, 5.74) is -2.40. The van der Waals surface area contributed by atoms with Crippen LogP contribution in [0.1, 0.15) is 54.4 Å². The lowest BCUT2D eigenvalue weighted by molar-refractivity contribution is -0.268. The highest BCUT2D eigenvalue weighted by molar-refractivity contribution is 5.92. The van der Waals surface area contributed by atoms with Crippen LogP contribution in [-0.4, -0.2) is 58.1 Å².